The average molecular weight is 461 g/mol. The molecule has 170 valence electrons. The Morgan fingerprint density at radius 3 is 2.58 bits per heavy atom. The predicted molar refractivity (Wildman–Crippen MR) is 109 cm³/mol. The number of aromatic carboxylic acids is 1. The van der Waals surface area contributed by atoms with Crippen LogP contribution in [0.2, 0.25) is 0 Å². The van der Waals surface area contributed by atoms with Gasteiger partial charge in [0.15, 0.2) is 0 Å². The van der Waals surface area contributed by atoms with E-state index in [2.05, 4.69) is 10.5 Å². The van der Waals surface area contributed by atoms with E-state index in [4.69, 9.17) is 9.52 Å². The highest BCUT2D eigenvalue weighted by molar-refractivity contribution is 5.89. The van der Waals surface area contributed by atoms with E-state index in [1.54, 1.807) is 18.2 Å². The molecule has 33 heavy (non-hydrogen) atoms. The molecule has 0 aliphatic heterocycles. The molecular formula is C21H14F3N3O6. The minimum atomic E-state index is -4.76. The summed E-state index contributed by atoms with van der Waals surface area (Å²) in [6.07, 6.45) is -4.19. The summed E-state index contributed by atoms with van der Waals surface area (Å²) in [5.74, 6) is -1.32. The van der Waals surface area contributed by atoms with Crippen LogP contribution in [-0.4, -0.2) is 28.1 Å². The van der Waals surface area contributed by atoms with Crippen LogP contribution in [0.1, 0.15) is 27.2 Å². The number of benzene rings is 2. The molecule has 0 unspecified atom stereocenters. The Balaban J connectivity index is 1.66. The van der Waals surface area contributed by atoms with Gasteiger partial charge >= 0.3 is 12.1 Å². The van der Waals surface area contributed by atoms with Crippen molar-refractivity contribution in [3.05, 3.63) is 87.2 Å². The number of hydrogen-bond acceptors (Lipinski definition) is 6. The molecule has 0 saturated heterocycles. The van der Waals surface area contributed by atoms with Gasteiger partial charge in [0.05, 0.1) is 28.7 Å². The number of halogens is 3. The number of nitrogens with zero attached hydrogens (tertiary/aromatic N) is 2. The molecule has 1 amide bonds. The number of carbonyl (C=O) groups is 2. The lowest BCUT2D eigenvalue weighted by Gasteiger charge is -2.08. The molecule has 0 aliphatic rings. The van der Waals surface area contributed by atoms with Gasteiger partial charge in [-0.2, -0.15) is 18.3 Å². The van der Waals surface area contributed by atoms with E-state index in [0.29, 0.717) is 23.5 Å². The topological polar surface area (TPSA) is 135 Å². The standard InChI is InChI=1S/C21H14F3N3O6/c22-21(23,24)15-5-4-12(17(10-15)27(31)32)9-19(28)26-25-11-16-6-7-18(33-16)13-2-1-3-14(8-13)20(29)30/h1-8,10-11H,9H2,(H,26,28)(H,29,30)/b25-11+. The van der Waals surface area contributed by atoms with E-state index < -0.39 is 40.6 Å². The summed E-state index contributed by atoms with van der Waals surface area (Å²) in [4.78, 5) is 33.2. The Morgan fingerprint density at radius 2 is 1.91 bits per heavy atom. The molecule has 0 fully saturated rings. The molecule has 2 aromatic carbocycles. The second-order valence-electron chi connectivity index (χ2n) is 6.66. The summed E-state index contributed by atoms with van der Waals surface area (Å²) < 4.78 is 43.8. The van der Waals surface area contributed by atoms with E-state index in [1.807, 2.05) is 0 Å². The molecule has 2 N–H and O–H groups in total. The third kappa shape index (κ3) is 5.81. The summed E-state index contributed by atoms with van der Waals surface area (Å²) >= 11 is 0. The molecule has 3 aromatic rings. The van der Waals surface area contributed by atoms with Gasteiger partial charge in [-0.25, -0.2) is 10.2 Å². The lowest BCUT2D eigenvalue weighted by molar-refractivity contribution is -0.385. The number of carbonyl (C=O) groups excluding carboxylic acids is 1. The first-order valence-electron chi connectivity index (χ1n) is 9.14. The van der Waals surface area contributed by atoms with Crippen molar-refractivity contribution in [3.63, 3.8) is 0 Å². The van der Waals surface area contributed by atoms with Crippen molar-refractivity contribution in [1.82, 2.24) is 5.43 Å². The van der Waals surface area contributed by atoms with Crippen LogP contribution in [-0.2, 0) is 17.4 Å². The van der Waals surface area contributed by atoms with Crippen LogP contribution >= 0.6 is 0 Å². The normalized spacial score (nSPS) is 11.5. The summed E-state index contributed by atoms with van der Waals surface area (Å²) in [6.45, 7) is 0. The van der Waals surface area contributed by atoms with E-state index in [0.717, 1.165) is 12.3 Å². The molecule has 0 aliphatic carbocycles. The van der Waals surface area contributed by atoms with Gasteiger partial charge in [0.25, 0.3) is 5.69 Å². The minimum Gasteiger partial charge on any atom is -0.478 e. The van der Waals surface area contributed by atoms with Crippen molar-refractivity contribution in [1.29, 1.82) is 0 Å². The van der Waals surface area contributed by atoms with Gasteiger partial charge in [0, 0.05) is 17.2 Å². The first-order valence-corrected chi connectivity index (χ1v) is 9.14. The van der Waals surface area contributed by atoms with Crippen molar-refractivity contribution in [2.24, 2.45) is 5.10 Å². The van der Waals surface area contributed by atoms with Crippen molar-refractivity contribution >= 4 is 23.8 Å². The minimum absolute atomic E-state index is 0.0729. The van der Waals surface area contributed by atoms with Crippen LogP contribution < -0.4 is 5.43 Å². The fourth-order valence-corrected chi connectivity index (χ4v) is 2.82. The van der Waals surface area contributed by atoms with Gasteiger partial charge in [-0.3, -0.25) is 14.9 Å². The molecule has 3 rings (SSSR count). The second-order valence-corrected chi connectivity index (χ2v) is 6.66. The zero-order valence-corrected chi connectivity index (χ0v) is 16.5. The molecule has 1 aromatic heterocycles. The highest BCUT2D eigenvalue weighted by Crippen LogP contribution is 2.33. The number of hydrogen-bond donors (Lipinski definition) is 2. The fourth-order valence-electron chi connectivity index (χ4n) is 2.82. The molecule has 9 nitrogen and oxygen atoms in total. The third-order valence-corrected chi connectivity index (χ3v) is 4.36. The van der Waals surface area contributed by atoms with Crippen LogP contribution in [0.15, 0.2) is 64.1 Å². The molecule has 0 radical (unpaired) electrons. The number of nitro groups is 1. The Kier molecular flexibility index (Phi) is 6.56. The highest BCUT2D eigenvalue weighted by Gasteiger charge is 2.33. The van der Waals surface area contributed by atoms with Crippen molar-refractivity contribution < 1.29 is 37.2 Å². The van der Waals surface area contributed by atoms with E-state index in [1.165, 1.54) is 18.2 Å². The first kappa shape index (κ1) is 23.2. The number of carboxylic acids is 1. The number of nitrogens with one attached hydrogen (secondary N) is 1. The zero-order chi connectivity index (χ0) is 24.2. The first-order chi connectivity index (χ1) is 15.5. The number of carboxylic acid groups (broad SMARTS) is 1. The molecule has 12 heteroatoms. The largest absolute Gasteiger partial charge is 0.478 e. The summed E-state index contributed by atoms with van der Waals surface area (Å²) in [7, 11) is 0. The molecular weight excluding hydrogens is 447 g/mol. The third-order valence-electron chi connectivity index (χ3n) is 4.36. The van der Waals surface area contributed by atoms with Crippen molar-refractivity contribution in [2.45, 2.75) is 12.6 Å². The molecule has 0 atom stereocenters. The Morgan fingerprint density at radius 1 is 1.15 bits per heavy atom. The number of amides is 1. The summed E-state index contributed by atoms with van der Waals surface area (Å²) in [5, 5.41) is 23.8. The molecule has 1 heterocycles. The Hall–Kier alpha value is -4.48. The second kappa shape index (κ2) is 9.34. The number of rotatable bonds is 7. The quantitative estimate of drug-likeness (QED) is 0.307. The van der Waals surface area contributed by atoms with E-state index >= 15 is 0 Å². The van der Waals surface area contributed by atoms with Gasteiger partial charge in [0.1, 0.15) is 11.5 Å². The lowest BCUT2D eigenvalue weighted by Crippen LogP contribution is -2.20. The summed E-state index contributed by atoms with van der Waals surface area (Å²) in [6, 6.07) is 11.0. The molecule has 0 bridgehead atoms. The maximum absolute atomic E-state index is 12.8. The van der Waals surface area contributed by atoms with Gasteiger partial charge in [0.2, 0.25) is 5.91 Å². The zero-order valence-electron chi connectivity index (χ0n) is 16.5. The van der Waals surface area contributed by atoms with Crippen LogP contribution in [0.4, 0.5) is 18.9 Å². The smallest absolute Gasteiger partial charge is 0.416 e. The van der Waals surface area contributed by atoms with Crippen LogP contribution in [0.3, 0.4) is 0 Å². The lowest BCUT2D eigenvalue weighted by atomic mass is 10.1. The number of furan rings is 1. The predicted octanol–water partition coefficient (Wildman–Crippen LogP) is 4.26. The van der Waals surface area contributed by atoms with Crippen LogP contribution in [0, 0.1) is 10.1 Å². The maximum Gasteiger partial charge on any atom is 0.416 e. The SMILES string of the molecule is O=C(Cc1ccc(C(F)(F)F)cc1[N+](=O)[O-])N/N=C/c1ccc(-c2cccc(C(=O)O)c2)o1. The number of nitro benzene ring substituents is 1. The van der Waals surface area contributed by atoms with Gasteiger partial charge in [-0.1, -0.05) is 18.2 Å². The van der Waals surface area contributed by atoms with Crippen molar-refractivity contribution in [3.8, 4) is 11.3 Å². The summed E-state index contributed by atoms with van der Waals surface area (Å²) in [5.41, 5.74) is 0.457. The highest BCUT2D eigenvalue weighted by atomic mass is 19.4. The van der Waals surface area contributed by atoms with Gasteiger partial charge < -0.3 is 9.52 Å². The number of hydrazone groups is 1. The maximum atomic E-state index is 12.8. The van der Waals surface area contributed by atoms with Gasteiger partial charge in [-0.15, -0.1) is 0 Å². The molecule has 0 saturated carbocycles. The molecule has 0 spiro atoms. The van der Waals surface area contributed by atoms with Crippen LogP contribution in [0.25, 0.3) is 11.3 Å². The van der Waals surface area contributed by atoms with E-state index in [-0.39, 0.29) is 16.9 Å². The van der Waals surface area contributed by atoms with Crippen LogP contribution in [0.5, 0.6) is 0 Å². The fraction of sp³-hybridized carbons (Fsp3) is 0.0952. The Bertz CT molecular complexity index is 1250. The van der Waals surface area contributed by atoms with Crippen molar-refractivity contribution in [2.75, 3.05) is 0 Å². The monoisotopic (exact) mass is 461 g/mol. The number of alkyl halides is 3. The Labute approximate surface area is 183 Å². The van der Waals surface area contributed by atoms with E-state index in [9.17, 15) is 32.9 Å². The average Bonchev–Trinajstić information content (AvgIpc) is 3.22. The van der Waals surface area contributed by atoms with Gasteiger partial charge in [-0.05, 0) is 30.3 Å².